The van der Waals surface area contributed by atoms with E-state index in [0.29, 0.717) is 12.0 Å². The van der Waals surface area contributed by atoms with Gasteiger partial charge >= 0.3 is 15.3 Å². The second-order valence-electron chi connectivity index (χ2n) is 5.66. The van der Waals surface area contributed by atoms with Crippen molar-refractivity contribution in [1.82, 2.24) is 0 Å². The minimum absolute atomic E-state index is 0.00825. The van der Waals surface area contributed by atoms with Crippen molar-refractivity contribution in [3.05, 3.63) is 29.3 Å². The van der Waals surface area contributed by atoms with Gasteiger partial charge in [0, 0.05) is 0 Å². The molecule has 0 amide bonds. The van der Waals surface area contributed by atoms with Crippen LogP contribution < -0.4 is 4.18 Å². The van der Waals surface area contributed by atoms with Gasteiger partial charge in [0.1, 0.15) is 5.75 Å². The summed E-state index contributed by atoms with van der Waals surface area (Å²) in [5.74, 6) is -1.05. The van der Waals surface area contributed by atoms with E-state index in [0.717, 1.165) is 6.42 Å². The zero-order valence-electron chi connectivity index (χ0n) is 11.5. The van der Waals surface area contributed by atoms with Gasteiger partial charge in [0.15, 0.2) is 0 Å². The molecule has 112 valence electrons. The van der Waals surface area contributed by atoms with Crippen LogP contribution in [0.15, 0.2) is 18.2 Å². The maximum Gasteiger partial charge on any atom is 0.401 e. The third-order valence-corrected chi connectivity index (χ3v) is 3.23. The van der Waals surface area contributed by atoms with Crippen LogP contribution in [0.2, 0.25) is 0 Å². The number of carbonyl (C=O) groups is 1. The molecule has 0 aliphatic rings. The highest BCUT2D eigenvalue weighted by molar-refractivity contribution is 8.10. The molecule has 0 aliphatic heterocycles. The fourth-order valence-electron chi connectivity index (χ4n) is 1.66. The first-order valence-electron chi connectivity index (χ1n) is 5.98. The number of halogens is 1. The summed E-state index contributed by atoms with van der Waals surface area (Å²) in [5, 5.41) is 9.13. The van der Waals surface area contributed by atoms with Crippen molar-refractivity contribution in [2.24, 2.45) is 5.41 Å². The van der Waals surface area contributed by atoms with Crippen LogP contribution in [0.5, 0.6) is 5.75 Å². The molecule has 7 heteroatoms. The topological polar surface area (TPSA) is 80.7 Å². The van der Waals surface area contributed by atoms with E-state index in [-0.39, 0.29) is 16.7 Å². The summed E-state index contributed by atoms with van der Waals surface area (Å²) in [5.41, 5.74) is 0.685. The van der Waals surface area contributed by atoms with Gasteiger partial charge in [0.2, 0.25) is 0 Å². The van der Waals surface area contributed by atoms with Crippen molar-refractivity contribution in [3.8, 4) is 5.75 Å². The Morgan fingerprint density at radius 3 is 2.40 bits per heavy atom. The molecule has 1 aromatic carbocycles. The van der Waals surface area contributed by atoms with Gasteiger partial charge in [-0.15, -0.1) is 0 Å². The Morgan fingerprint density at radius 2 is 1.95 bits per heavy atom. The van der Waals surface area contributed by atoms with Crippen molar-refractivity contribution < 1.29 is 22.5 Å². The summed E-state index contributed by atoms with van der Waals surface area (Å²) in [6, 6.07) is 3.98. The average molecular weight is 321 g/mol. The Balaban J connectivity index is 3.09. The first kappa shape index (κ1) is 16.8. The van der Waals surface area contributed by atoms with Gasteiger partial charge in [-0.05, 0) is 42.0 Å². The predicted molar refractivity (Wildman–Crippen MR) is 76.6 cm³/mol. The SMILES string of the molecule is CC(C)(C)CCc1cc(OS(=O)(=O)Cl)ccc1C(=O)O. The number of rotatable bonds is 5. The first-order chi connectivity index (χ1) is 8.98. The molecule has 0 aromatic heterocycles. The highest BCUT2D eigenvalue weighted by Gasteiger charge is 2.17. The molecule has 0 unspecified atom stereocenters. The summed E-state index contributed by atoms with van der Waals surface area (Å²) in [4.78, 5) is 11.2. The maximum atomic E-state index is 11.2. The van der Waals surface area contributed by atoms with Crippen LogP contribution in [-0.2, 0) is 15.8 Å². The molecule has 0 saturated carbocycles. The molecule has 20 heavy (non-hydrogen) atoms. The largest absolute Gasteiger partial charge is 0.478 e. The number of carboxylic acid groups (broad SMARTS) is 1. The van der Waals surface area contributed by atoms with E-state index < -0.39 is 15.3 Å². The lowest BCUT2D eigenvalue weighted by Gasteiger charge is -2.18. The summed E-state index contributed by atoms with van der Waals surface area (Å²) in [6.45, 7) is 6.12. The number of hydrogen-bond acceptors (Lipinski definition) is 4. The van der Waals surface area contributed by atoms with Gasteiger partial charge in [0.05, 0.1) is 16.2 Å². The van der Waals surface area contributed by atoms with Gasteiger partial charge in [-0.2, -0.15) is 8.42 Å². The second-order valence-corrected chi connectivity index (χ2v) is 7.75. The Morgan fingerprint density at radius 1 is 1.35 bits per heavy atom. The normalized spacial score (nSPS) is 12.2. The van der Waals surface area contributed by atoms with E-state index in [1.54, 1.807) is 0 Å². The van der Waals surface area contributed by atoms with Gasteiger partial charge in [-0.1, -0.05) is 20.8 Å². The van der Waals surface area contributed by atoms with Crippen LogP contribution in [0.25, 0.3) is 0 Å². The number of hydrogen-bond donors (Lipinski definition) is 1. The zero-order valence-corrected chi connectivity index (χ0v) is 13.1. The molecule has 5 nitrogen and oxygen atoms in total. The highest BCUT2D eigenvalue weighted by Crippen LogP contribution is 2.26. The summed E-state index contributed by atoms with van der Waals surface area (Å²) in [7, 11) is 0.860. The Hall–Kier alpha value is -1.27. The number of carboxylic acids is 1. The van der Waals surface area contributed by atoms with E-state index in [1.807, 2.05) is 20.8 Å². The third-order valence-electron chi connectivity index (χ3n) is 2.65. The molecule has 1 rings (SSSR count). The molecular formula is C13H17ClO5S. The Kier molecular flexibility index (Phi) is 5.05. The third kappa shape index (κ3) is 5.79. The van der Waals surface area contributed by atoms with Crippen LogP contribution in [0.4, 0.5) is 0 Å². The molecule has 0 radical (unpaired) electrons. The maximum absolute atomic E-state index is 11.2. The molecule has 0 bridgehead atoms. The number of aromatic carboxylic acids is 1. The van der Waals surface area contributed by atoms with Crippen molar-refractivity contribution >= 4 is 26.0 Å². The van der Waals surface area contributed by atoms with E-state index in [9.17, 15) is 13.2 Å². The monoisotopic (exact) mass is 320 g/mol. The quantitative estimate of drug-likeness (QED) is 0.842. The Labute approximate surface area is 123 Å². The van der Waals surface area contributed by atoms with Crippen LogP contribution in [0.1, 0.15) is 43.1 Å². The lowest BCUT2D eigenvalue weighted by Crippen LogP contribution is -2.10. The molecular weight excluding hydrogens is 304 g/mol. The first-order valence-corrected chi connectivity index (χ1v) is 8.22. The molecule has 0 saturated heterocycles. The average Bonchev–Trinajstić information content (AvgIpc) is 2.22. The van der Waals surface area contributed by atoms with Gasteiger partial charge in [0.25, 0.3) is 0 Å². The minimum Gasteiger partial charge on any atom is -0.478 e. The Bertz CT molecular complexity index is 602. The van der Waals surface area contributed by atoms with Crippen molar-refractivity contribution in [3.63, 3.8) is 0 Å². The van der Waals surface area contributed by atoms with Gasteiger partial charge < -0.3 is 9.29 Å². The number of benzene rings is 1. The summed E-state index contributed by atoms with van der Waals surface area (Å²) >= 11 is 0. The second kappa shape index (κ2) is 6.01. The molecule has 1 N–H and O–H groups in total. The molecule has 0 heterocycles. The molecule has 0 atom stereocenters. The zero-order chi connectivity index (χ0) is 15.6. The van der Waals surface area contributed by atoms with E-state index >= 15 is 0 Å². The predicted octanol–water partition coefficient (Wildman–Crippen LogP) is 3.23. The van der Waals surface area contributed by atoms with Gasteiger partial charge in [-0.25, -0.2) is 4.79 Å². The lowest BCUT2D eigenvalue weighted by atomic mass is 9.87. The van der Waals surface area contributed by atoms with E-state index in [4.69, 9.17) is 15.8 Å². The fourth-order valence-corrected chi connectivity index (χ4v) is 2.21. The molecule has 0 spiro atoms. The molecule has 1 aromatic rings. The van der Waals surface area contributed by atoms with Crippen molar-refractivity contribution in [1.29, 1.82) is 0 Å². The highest BCUT2D eigenvalue weighted by atomic mass is 35.7. The lowest BCUT2D eigenvalue weighted by molar-refractivity contribution is 0.0695. The molecule has 0 aliphatic carbocycles. The summed E-state index contributed by atoms with van der Waals surface area (Å²) in [6.07, 6.45) is 1.26. The number of aryl methyl sites for hydroxylation is 1. The van der Waals surface area contributed by atoms with Gasteiger partial charge in [-0.3, -0.25) is 0 Å². The fraction of sp³-hybridized carbons (Fsp3) is 0.462. The minimum atomic E-state index is -4.15. The van der Waals surface area contributed by atoms with Crippen LogP contribution >= 0.6 is 10.7 Å². The van der Waals surface area contributed by atoms with Crippen LogP contribution in [-0.4, -0.2) is 19.5 Å². The van der Waals surface area contributed by atoms with E-state index in [1.165, 1.54) is 18.2 Å². The standard InChI is InChI=1S/C13H17ClO5S/c1-13(2,3)7-6-9-8-10(19-20(14,17)18)4-5-11(9)12(15)16/h4-5,8H,6-7H2,1-3H3,(H,15,16). The van der Waals surface area contributed by atoms with Crippen molar-refractivity contribution in [2.45, 2.75) is 33.6 Å². The summed E-state index contributed by atoms with van der Waals surface area (Å²) < 4.78 is 26.3. The van der Waals surface area contributed by atoms with Crippen LogP contribution in [0.3, 0.4) is 0 Å². The molecule has 0 fully saturated rings. The van der Waals surface area contributed by atoms with E-state index in [2.05, 4.69) is 4.18 Å². The smallest absolute Gasteiger partial charge is 0.401 e. The van der Waals surface area contributed by atoms with Crippen molar-refractivity contribution in [2.75, 3.05) is 0 Å². The van der Waals surface area contributed by atoms with Crippen LogP contribution in [0, 0.1) is 5.41 Å².